The maximum absolute atomic E-state index is 5.77. The van der Waals surface area contributed by atoms with Gasteiger partial charge in [-0.3, -0.25) is 4.90 Å². The van der Waals surface area contributed by atoms with E-state index in [1.165, 1.54) is 42.4 Å². The van der Waals surface area contributed by atoms with E-state index in [1.54, 1.807) is 0 Å². The van der Waals surface area contributed by atoms with Crippen LogP contribution in [0, 0.1) is 13.8 Å². The van der Waals surface area contributed by atoms with Gasteiger partial charge in [0.2, 0.25) is 0 Å². The summed E-state index contributed by atoms with van der Waals surface area (Å²) in [5.74, 6) is 0. The molecule has 0 atom stereocenters. The molecule has 0 heterocycles. The Bertz CT molecular complexity index is 450. The maximum atomic E-state index is 5.77. The first kappa shape index (κ1) is 14.5. The highest BCUT2D eigenvalue weighted by atomic mass is 32.1. The minimum atomic E-state index is 0.609. The van der Waals surface area contributed by atoms with Crippen LogP contribution in [0.25, 0.3) is 0 Å². The molecule has 2 rings (SSSR count). The molecule has 2 N–H and O–H groups in total. The van der Waals surface area contributed by atoms with Crippen molar-refractivity contribution in [1.29, 1.82) is 0 Å². The summed E-state index contributed by atoms with van der Waals surface area (Å²) in [6.45, 7) is 6.04. The Kier molecular flexibility index (Phi) is 4.94. The average Bonchev–Trinajstić information content (AvgIpc) is 2.86. The number of nitrogens with zero attached hydrogens (tertiary/aromatic N) is 1. The fraction of sp³-hybridized carbons (Fsp3) is 0.562. The molecule has 1 aromatic carbocycles. The number of benzene rings is 1. The maximum Gasteiger partial charge on any atom is 0.0870 e. The van der Waals surface area contributed by atoms with Gasteiger partial charge in [0.15, 0.2) is 0 Å². The van der Waals surface area contributed by atoms with Crippen LogP contribution in [0.4, 0.5) is 0 Å². The van der Waals surface area contributed by atoms with E-state index >= 15 is 0 Å². The summed E-state index contributed by atoms with van der Waals surface area (Å²) in [6, 6.07) is 7.32. The monoisotopic (exact) mass is 276 g/mol. The van der Waals surface area contributed by atoms with Crippen molar-refractivity contribution in [2.45, 2.75) is 52.1 Å². The first-order chi connectivity index (χ1) is 9.06. The molecule has 19 heavy (non-hydrogen) atoms. The molecule has 0 radical (unpaired) electrons. The molecule has 2 nitrogen and oxygen atoms in total. The third kappa shape index (κ3) is 4.02. The molecule has 1 aromatic rings. The minimum absolute atomic E-state index is 0.609. The summed E-state index contributed by atoms with van der Waals surface area (Å²) < 4.78 is 0. The zero-order chi connectivity index (χ0) is 13.8. The van der Waals surface area contributed by atoms with Crippen molar-refractivity contribution >= 4 is 17.2 Å². The van der Waals surface area contributed by atoms with Crippen LogP contribution in [0.3, 0.4) is 0 Å². The highest BCUT2D eigenvalue weighted by molar-refractivity contribution is 7.80. The summed E-state index contributed by atoms with van der Waals surface area (Å²) in [6.07, 6.45) is 5.25. The van der Waals surface area contributed by atoms with Crippen molar-refractivity contribution in [3.63, 3.8) is 0 Å². The molecule has 1 saturated carbocycles. The van der Waals surface area contributed by atoms with Crippen molar-refractivity contribution in [1.82, 2.24) is 4.90 Å². The zero-order valence-corrected chi connectivity index (χ0v) is 12.8. The van der Waals surface area contributed by atoms with Crippen molar-refractivity contribution in [3.8, 4) is 0 Å². The fourth-order valence-corrected chi connectivity index (χ4v) is 3.14. The van der Waals surface area contributed by atoms with E-state index in [0.717, 1.165) is 13.1 Å². The van der Waals surface area contributed by atoms with Gasteiger partial charge in [-0.15, -0.1) is 0 Å². The molecular weight excluding hydrogens is 252 g/mol. The second kappa shape index (κ2) is 6.49. The van der Waals surface area contributed by atoms with Gasteiger partial charge in [0.05, 0.1) is 4.99 Å². The van der Waals surface area contributed by atoms with Gasteiger partial charge in [-0.25, -0.2) is 0 Å². The molecule has 0 bridgehead atoms. The molecule has 0 spiro atoms. The van der Waals surface area contributed by atoms with Gasteiger partial charge in [-0.05, 0) is 37.8 Å². The highest BCUT2D eigenvalue weighted by Crippen LogP contribution is 2.25. The minimum Gasteiger partial charge on any atom is -0.392 e. The smallest absolute Gasteiger partial charge is 0.0870 e. The molecule has 3 heteroatoms. The Balaban J connectivity index is 2.14. The van der Waals surface area contributed by atoms with E-state index in [2.05, 4.69) is 36.9 Å². The second-order valence-electron chi connectivity index (χ2n) is 5.74. The first-order valence-electron chi connectivity index (χ1n) is 7.15. The molecule has 104 valence electrons. The lowest BCUT2D eigenvalue weighted by molar-refractivity contribution is 0.218. The van der Waals surface area contributed by atoms with Gasteiger partial charge in [0.1, 0.15) is 0 Å². The summed E-state index contributed by atoms with van der Waals surface area (Å²) in [4.78, 5) is 3.08. The van der Waals surface area contributed by atoms with Crippen LogP contribution in [0.5, 0.6) is 0 Å². The number of rotatable bonds is 5. The molecule has 1 aliphatic rings. The van der Waals surface area contributed by atoms with E-state index in [0.29, 0.717) is 11.0 Å². The van der Waals surface area contributed by atoms with E-state index in [1.807, 2.05) is 0 Å². The van der Waals surface area contributed by atoms with Crippen molar-refractivity contribution in [3.05, 3.63) is 34.9 Å². The van der Waals surface area contributed by atoms with E-state index in [4.69, 9.17) is 18.0 Å². The van der Waals surface area contributed by atoms with Crippen LogP contribution in [0.15, 0.2) is 18.2 Å². The number of aryl methyl sites for hydroxylation is 2. The Morgan fingerprint density at radius 3 is 2.63 bits per heavy atom. The quantitative estimate of drug-likeness (QED) is 0.836. The van der Waals surface area contributed by atoms with Crippen LogP contribution in [-0.4, -0.2) is 22.5 Å². The molecule has 0 aliphatic heterocycles. The number of nitrogens with two attached hydrogens (primary N) is 1. The third-order valence-electron chi connectivity index (χ3n) is 4.08. The van der Waals surface area contributed by atoms with Gasteiger partial charge in [0.25, 0.3) is 0 Å². The van der Waals surface area contributed by atoms with Crippen LogP contribution >= 0.6 is 12.2 Å². The normalized spacial score (nSPS) is 16.2. The Morgan fingerprint density at radius 1 is 1.32 bits per heavy atom. The van der Waals surface area contributed by atoms with Crippen LogP contribution in [0.1, 0.15) is 42.4 Å². The van der Waals surface area contributed by atoms with Crippen LogP contribution < -0.4 is 5.73 Å². The molecule has 1 aliphatic carbocycles. The summed E-state index contributed by atoms with van der Waals surface area (Å²) in [5.41, 5.74) is 9.86. The molecule has 0 unspecified atom stereocenters. The van der Waals surface area contributed by atoms with Gasteiger partial charge >= 0.3 is 0 Å². The number of hydrogen-bond acceptors (Lipinski definition) is 2. The SMILES string of the molecule is Cc1ccc(C)c(CN(CC(N)=S)C2CCCC2)c1. The van der Waals surface area contributed by atoms with E-state index < -0.39 is 0 Å². The molecule has 0 aromatic heterocycles. The predicted octanol–water partition coefficient (Wildman–Crippen LogP) is 3.33. The van der Waals surface area contributed by atoms with Crippen molar-refractivity contribution in [2.75, 3.05) is 6.54 Å². The predicted molar refractivity (Wildman–Crippen MR) is 85.4 cm³/mol. The van der Waals surface area contributed by atoms with E-state index in [-0.39, 0.29) is 0 Å². The lowest BCUT2D eigenvalue weighted by atomic mass is 10.0. The fourth-order valence-electron chi connectivity index (χ4n) is 2.97. The summed E-state index contributed by atoms with van der Waals surface area (Å²) in [5, 5.41) is 0. The highest BCUT2D eigenvalue weighted by Gasteiger charge is 2.23. The van der Waals surface area contributed by atoms with E-state index in [9.17, 15) is 0 Å². The summed E-state index contributed by atoms with van der Waals surface area (Å²) >= 11 is 5.12. The van der Waals surface area contributed by atoms with Gasteiger partial charge in [-0.1, -0.05) is 48.8 Å². The van der Waals surface area contributed by atoms with Gasteiger partial charge < -0.3 is 5.73 Å². The van der Waals surface area contributed by atoms with Crippen molar-refractivity contribution in [2.24, 2.45) is 5.73 Å². The molecular formula is C16H24N2S. The summed E-state index contributed by atoms with van der Waals surface area (Å²) in [7, 11) is 0. The van der Waals surface area contributed by atoms with Crippen molar-refractivity contribution < 1.29 is 0 Å². The first-order valence-corrected chi connectivity index (χ1v) is 7.55. The Labute approximate surface area is 122 Å². The van der Waals surface area contributed by atoms with Gasteiger partial charge in [0, 0.05) is 19.1 Å². The average molecular weight is 276 g/mol. The number of hydrogen-bond donors (Lipinski definition) is 1. The molecule has 1 fully saturated rings. The lowest BCUT2D eigenvalue weighted by Gasteiger charge is -2.29. The van der Waals surface area contributed by atoms with Crippen LogP contribution in [0.2, 0.25) is 0 Å². The molecule has 0 amide bonds. The topological polar surface area (TPSA) is 29.3 Å². The van der Waals surface area contributed by atoms with Gasteiger partial charge in [-0.2, -0.15) is 0 Å². The Hall–Kier alpha value is -0.930. The molecule has 0 saturated heterocycles. The lowest BCUT2D eigenvalue weighted by Crippen LogP contribution is -2.39. The third-order valence-corrected chi connectivity index (χ3v) is 4.21. The van der Waals surface area contributed by atoms with Crippen LogP contribution in [-0.2, 0) is 6.54 Å². The second-order valence-corrected chi connectivity index (χ2v) is 6.26. The standard InChI is InChI=1S/C16H24N2S/c1-12-7-8-13(2)14(9-12)10-18(11-16(17)19)15-5-3-4-6-15/h7-9,15H,3-6,10-11H2,1-2H3,(H2,17,19). The number of thiocarbonyl (C=S) groups is 1. The Morgan fingerprint density at radius 2 is 2.00 bits per heavy atom. The zero-order valence-electron chi connectivity index (χ0n) is 12.0. The largest absolute Gasteiger partial charge is 0.392 e.